The van der Waals surface area contributed by atoms with E-state index in [1.54, 1.807) is 41.3 Å². The second-order valence-corrected chi connectivity index (χ2v) is 10.3. The van der Waals surface area contributed by atoms with Gasteiger partial charge in [-0.2, -0.15) is 0 Å². The molecule has 0 bridgehead atoms. The van der Waals surface area contributed by atoms with E-state index >= 15 is 0 Å². The number of benzene rings is 3. The summed E-state index contributed by atoms with van der Waals surface area (Å²) in [6.45, 7) is 2.35. The molecule has 40 heavy (non-hydrogen) atoms. The van der Waals surface area contributed by atoms with Crippen molar-refractivity contribution in [2.75, 3.05) is 44.7 Å². The van der Waals surface area contributed by atoms with Gasteiger partial charge in [-0.05, 0) is 65.4 Å². The lowest BCUT2D eigenvalue weighted by Gasteiger charge is -2.36. The van der Waals surface area contributed by atoms with Crippen molar-refractivity contribution in [2.45, 2.75) is 6.61 Å². The number of ether oxygens (including phenoxy) is 2. The molecule has 3 aromatic rings. The number of piperazine rings is 1. The largest absolute Gasteiger partial charge is 0.493 e. The lowest BCUT2D eigenvalue weighted by atomic mass is 10.1. The Morgan fingerprint density at radius 1 is 0.950 bits per heavy atom. The van der Waals surface area contributed by atoms with Crippen molar-refractivity contribution >= 4 is 40.6 Å². The molecular weight excluding hydrogens is 533 g/mol. The van der Waals surface area contributed by atoms with E-state index < -0.39 is 11.1 Å². The minimum atomic E-state index is -0.498. The van der Waals surface area contributed by atoms with E-state index in [-0.39, 0.29) is 29.8 Å². The molecule has 8 nitrogen and oxygen atoms in total. The third-order valence-corrected chi connectivity index (χ3v) is 7.62. The van der Waals surface area contributed by atoms with Gasteiger partial charge in [0.15, 0.2) is 11.5 Å². The van der Waals surface area contributed by atoms with Gasteiger partial charge in [0.1, 0.15) is 19.0 Å². The van der Waals surface area contributed by atoms with Crippen LogP contribution in [0.25, 0.3) is 6.08 Å². The number of amides is 3. The Balaban J connectivity index is 1.19. The molecule has 2 heterocycles. The van der Waals surface area contributed by atoms with Crippen LogP contribution < -0.4 is 14.4 Å². The SMILES string of the molecule is COc1cc(/C=C2\SC(=O)N(CC(=O)N3CCN(c4ccccc4)CC3)C2=O)ccc1OCc1ccc(F)cc1. The minimum absolute atomic E-state index is 0.226. The summed E-state index contributed by atoms with van der Waals surface area (Å²) < 4.78 is 24.4. The number of rotatable bonds is 8. The van der Waals surface area contributed by atoms with Crippen LogP contribution in [0.1, 0.15) is 11.1 Å². The van der Waals surface area contributed by atoms with Gasteiger partial charge in [-0.15, -0.1) is 0 Å². The number of methoxy groups -OCH3 is 1. The van der Waals surface area contributed by atoms with E-state index in [0.29, 0.717) is 43.2 Å². The summed E-state index contributed by atoms with van der Waals surface area (Å²) in [5.41, 5.74) is 2.54. The summed E-state index contributed by atoms with van der Waals surface area (Å²) in [6, 6.07) is 21.2. The molecule has 2 aliphatic rings. The van der Waals surface area contributed by atoms with Crippen LogP contribution in [-0.4, -0.2) is 66.7 Å². The van der Waals surface area contributed by atoms with Crippen LogP contribution in [0.4, 0.5) is 14.9 Å². The number of thioether (sulfide) groups is 1. The molecule has 0 unspecified atom stereocenters. The fourth-order valence-corrected chi connectivity index (χ4v) is 5.35. The van der Waals surface area contributed by atoms with E-state index in [4.69, 9.17) is 9.47 Å². The third-order valence-electron chi connectivity index (χ3n) is 6.71. The molecule has 0 aromatic heterocycles. The molecule has 2 aliphatic heterocycles. The molecule has 10 heteroatoms. The third kappa shape index (κ3) is 6.28. The van der Waals surface area contributed by atoms with Gasteiger partial charge in [-0.3, -0.25) is 19.3 Å². The summed E-state index contributed by atoms with van der Waals surface area (Å²) in [5.74, 6) is -0.140. The van der Waals surface area contributed by atoms with E-state index in [2.05, 4.69) is 4.90 Å². The predicted octanol–water partition coefficient (Wildman–Crippen LogP) is 4.80. The van der Waals surface area contributed by atoms with Gasteiger partial charge in [-0.1, -0.05) is 36.4 Å². The summed E-state index contributed by atoms with van der Waals surface area (Å²) in [6.07, 6.45) is 1.60. The van der Waals surface area contributed by atoms with Crippen molar-refractivity contribution in [3.8, 4) is 11.5 Å². The highest BCUT2D eigenvalue weighted by Gasteiger charge is 2.37. The monoisotopic (exact) mass is 561 g/mol. The van der Waals surface area contributed by atoms with Crippen molar-refractivity contribution in [3.05, 3.63) is 94.6 Å². The second kappa shape index (κ2) is 12.3. The first-order valence-corrected chi connectivity index (χ1v) is 13.6. The van der Waals surface area contributed by atoms with E-state index in [1.165, 1.54) is 19.2 Å². The van der Waals surface area contributed by atoms with Crippen LogP contribution in [0.5, 0.6) is 11.5 Å². The fraction of sp³-hybridized carbons (Fsp3) is 0.233. The van der Waals surface area contributed by atoms with Crippen LogP contribution in [0.2, 0.25) is 0 Å². The maximum Gasteiger partial charge on any atom is 0.294 e. The fourth-order valence-electron chi connectivity index (χ4n) is 4.51. The molecule has 3 amide bonds. The van der Waals surface area contributed by atoms with Crippen LogP contribution >= 0.6 is 11.8 Å². The van der Waals surface area contributed by atoms with E-state index in [1.807, 2.05) is 30.3 Å². The maximum absolute atomic E-state index is 13.1. The molecule has 0 aliphatic carbocycles. The Bertz CT molecular complexity index is 1420. The molecule has 0 saturated carbocycles. The van der Waals surface area contributed by atoms with Crippen LogP contribution in [0.3, 0.4) is 0 Å². The maximum atomic E-state index is 13.1. The Morgan fingerprint density at radius 2 is 1.68 bits per heavy atom. The Labute approximate surface area is 236 Å². The topological polar surface area (TPSA) is 79.4 Å². The number of anilines is 1. The zero-order valence-electron chi connectivity index (χ0n) is 21.9. The highest BCUT2D eigenvalue weighted by atomic mass is 32.2. The number of imide groups is 1. The van der Waals surface area contributed by atoms with E-state index in [9.17, 15) is 18.8 Å². The molecule has 2 fully saturated rings. The first-order valence-electron chi connectivity index (χ1n) is 12.8. The van der Waals surface area contributed by atoms with Crippen molar-refractivity contribution in [1.29, 1.82) is 0 Å². The quantitative estimate of drug-likeness (QED) is 0.366. The Kier molecular flexibility index (Phi) is 8.35. The zero-order valence-corrected chi connectivity index (χ0v) is 22.7. The molecule has 0 spiro atoms. The summed E-state index contributed by atoms with van der Waals surface area (Å²) in [4.78, 5) is 43.7. The lowest BCUT2D eigenvalue weighted by Crippen LogP contribution is -2.51. The van der Waals surface area contributed by atoms with Gasteiger partial charge in [0, 0.05) is 31.9 Å². The van der Waals surface area contributed by atoms with Crippen molar-refractivity contribution < 1.29 is 28.2 Å². The van der Waals surface area contributed by atoms with Gasteiger partial charge in [-0.25, -0.2) is 4.39 Å². The highest BCUT2D eigenvalue weighted by Crippen LogP contribution is 2.35. The highest BCUT2D eigenvalue weighted by molar-refractivity contribution is 8.18. The van der Waals surface area contributed by atoms with Crippen LogP contribution in [0.15, 0.2) is 77.7 Å². The molecule has 206 valence electrons. The summed E-state index contributed by atoms with van der Waals surface area (Å²) in [5, 5.41) is -0.473. The number of hydrogen-bond acceptors (Lipinski definition) is 7. The van der Waals surface area contributed by atoms with Crippen molar-refractivity contribution in [1.82, 2.24) is 9.80 Å². The van der Waals surface area contributed by atoms with Crippen molar-refractivity contribution in [2.24, 2.45) is 0 Å². The van der Waals surface area contributed by atoms with Gasteiger partial charge in [0.25, 0.3) is 11.1 Å². The smallest absolute Gasteiger partial charge is 0.294 e. The van der Waals surface area contributed by atoms with E-state index in [0.717, 1.165) is 27.9 Å². The molecule has 0 N–H and O–H groups in total. The van der Waals surface area contributed by atoms with Crippen LogP contribution in [-0.2, 0) is 16.2 Å². The summed E-state index contributed by atoms with van der Waals surface area (Å²) >= 11 is 0.806. The minimum Gasteiger partial charge on any atom is -0.493 e. The van der Waals surface area contributed by atoms with Gasteiger partial charge < -0.3 is 19.3 Å². The standard InChI is InChI=1S/C30H28FN3O5S/c1-38-26-17-22(9-12-25(26)39-20-21-7-10-23(31)11-8-21)18-27-29(36)34(30(37)40-27)19-28(35)33-15-13-32(14-16-33)24-5-3-2-4-6-24/h2-12,17-18H,13-16,19-20H2,1H3/b27-18-. The number of halogens is 1. The van der Waals surface area contributed by atoms with Crippen molar-refractivity contribution in [3.63, 3.8) is 0 Å². The van der Waals surface area contributed by atoms with Gasteiger partial charge >= 0.3 is 0 Å². The van der Waals surface area contributed by atoms with Crippen LogP contribution in [0, 0.1) is 5.82 Å². The molecular formula is C30H28FN3O5S. The number of nitrogens with zero attached hydrogens (tertiary/aromatic N) is 3. The molecule has 0 radical (unpaired) electrons. The first-order chi connectivity index (χ1) is 19.4. The second-order valence-electron chi connectivity index (χ2n) is 9.30. The first kappa shape index (κ1) is 27.3. The zero-order chi connectivity index (χ0) is 28.1. The summed E-state index contributed by atoms with van der Waals surface area (Å²) in [7, 11) is 1.50. The Hall–Kier alpha value is -4.31. The lowest BCUT2D eigenvalue weighted by molar-refractivity contribution is -0.136. The average molecular weight is 562 g/mol. The number of para-hydroxylation sites is 1. The molecule has 5 rings (SSSR count). The predicted molar refractivity (Wildman–Crippen MR) is 152 cm³/mol. The number of hydrogen-bond donors (Lipinski definition) is 0. The Morgan fingerprint density at radius 3 is 2.38 bits per heavy atom. The molecule has 3 aromatic carbocycles. The average Bonchev–Trinajstić information content (AvgIpc) is 3.24. The normalized spacial score (nSPS) is 16.6. The molecule has 0 atom stereocenters. The van der Waals surface area contributed by atoms with Gasteiger partial charge in [0.2, 0.25) is 5.91 Å². The number of carbonyl (C=O) groups is 3. The number of carbonyl (C=O) groups excluding carboxylic acids is 3. The van der Waals surface area contributed by atoms with Gasteiger partial charge in [0.05, 0.1) is 12.0 Å². The molecule has 2 saturated heterocycles.